The second-order valence-electron chi connectivity index (χ2n) is 6.08. The molecule has 1 fully saturated rings. The molecular formula is C17H22N6O2. The van der Waals surface area contributed by atoms with E-state index in [0.717, 1.165) is 30.0 Å². The molecule has 1 aromatic carbocycles. The Labute approximate surface area is 146 Å². The highest BCUT2D eigenvalue weighted by Gasteiger charge is 2.23. The van der Waals surface area contributed by atoms with Crippen molar-refractivity contribution < 1.29 is 9.59 Å². The minimum absolute atomic E-state index is 0.133. The van der Waals surface area contributed by atoms with Crippen LogP contribution in [0.5, 0.6) is 0 Å². The molecule has 132 valence electrons. The Morgan fingerprint density at radius 3 is 2.88 bits per heavy atom. The summed E-state index contributed by atoms with van der Waals surface area (Å²) >= 11 is 0. The quantitative estimate of drug-likeness (QED) is 0.863. The Kier molecular flexibility index (Phi) is 4.97. The second kappa shape index (κ2) is 7.33. The zero-order chi connectivity index (χ0) is 17.8. The fourth-order valence-corrected chi connectivity index (χ4v) is 2.89. The van der Waals surface area contributed by atoms with Crippen molar-refractivity contribution in [1.82, 2.24) is 20.1 Å². The number of aryl methyl sites for hydroxylation is 2. The minimum Gasteiger partial charge on any atom is -0.337 e. The molecule has 8 heteroatoms. The van der Waals surface area contributed by atoms with Gasteiger partial charge < -0.3 is 15.5 Å². The third-order valence-corrected chi connectivity index (χ3v) is 4.27. The van der Waals surface area contributed by atoms with E-state index in [0.29, 0.717) is 25.1 Å². The number of amides is 3. The number of hydrogen-bond acceptors (Lipinski definition) is 4. The summed E-state index contributed by atoms with van der Waals surface area (Å²) in [5.41, 5.74) is 2.54. The summed E-state index contributed by atoms with van der Waals surface area (Å²) < 4.78 is 1.68. The predicted molar refractivity (Wildman–Crippen MR) is 94.5 cm³/mol. The van der Waals surface area contributed by atoms with Crippen LogP contribution in [0, 0.1) is 6.92 Å². The fourth-order valence-electron chi connectivity index (χ4n) is 2.89. The van der Waals surface area contributed by atoms with E-state index >= 15 is 0 Å². The van der Waals surface area contributed by atoms with Gasteiger partial charge in [-0.1, -0.05) is 6.07 Å². The van der Waals surface area contributed by atoms with Crippen LogP contribution >= 0.6 is 0 Å². The van der Waals surface area contributed by atoms with Crippen LogP contribution in [-0.2, 0) is 18.3 Å². The number of nitrogens with one attached hydrogen (secondary N) is 2. The Balaban J connectivity index is 1.58. The molecule has 0 saturated carbocycles. The average Bonchev–Trinajstić information content (AvgIpc) is 3.18. The molecule has 0 radical (unpaired) electrons. The van der Waals surface area contributed by atoms with E-state index in [1.807, 2.05) is 32.2 Å². The van der Waals surface area contributed by atoms with Gasteiger partial charge in [0.05, 0.1) is 0 Å². The number of rotatable bonds is 5. The first-order valence-corrected chi connectivity index (χ1v) is 8.33. The molecule has 1 aliphatic heterocycles. The minimum atomic E-state index is -0.287. The number of urea groups is 1. The van der Waals surface area contributed by atoms with E-state index in [9.17, 15) is 9.59 Å². The molecule has 0 bridgehead atoms. The lowest BCUT2D eigenvalue weighted by Crippen LogP contribution is -2.31. The van der Waals surface area contributed by atoms with E-state index in [4.69, 9.17) is 0 Å². The lowest BCUT2D eigenvalue weighted by Gasteiger charge is -2.19. The van der Waals surface area contributed by atoms with Gasteiger partial charge in [-0.3, -0.25) is 9.48 Å². The van der Waals surface area contributed by atoms with Gasteiger partial charge in [-0.15, -0.1) is 0 Å². The molecule has 25 heavy (non-hydrogen) atoms. The molecule has 1 saturated heterocycles. The molecule has 1 aliphatic rings. The van der Waals surface area contributed by atoms with Gasteiger partial charge in [0, 0.05) is 44.4 Å². The van der Waals surface area contributed by atoms with Gasteiger partial charge in [0.2, 0.25) is 5.91 Å². The Morgan fingerprint density at radius 1 is 1.36 bits per heavy atom. The van der Waals surface area contributed by atoms with Crippen LogP contribution in [0.3, 0.4) is 0 Å². The Bertz CT molecular complexity index is 785. The number of hydrogen-bond donors (Lipinski definition) is 2. The molecule has 3 amide bonds. The van der Waals surface area contributed by atoms with E-state index in [2.05, 4.69) is 20.7 Å². The average molecular weight is 342 g/mol. The lowest BCUT2D eigenvalue weighted by molar-refractivity contribution is -0.117. The molecule has 2 N–H and O–H groups in total. The molecule has 0 aliphatic carbocycles. The van der Waals surface area contributed by atoms with Crippen molar-refractivity contribution in [3.63, 3.8) is 0 Å². The van der Waals surface area contributed by atoms with E-state index in [-0.39, 0.29) is 11.9 Å². The summed E-state index contributed by atoms with van der Waals surface area (Å²) in [4.78, 5) is 29.9. The van der Waals surface area contributed by atoms with E-state index in [1.165, 1.54) is 6.33 Å². The fraction of sp³-hybridized carbons (Fsp3) is 0.412. The number of aromatic nitrogens is 3. The maximum atomic E-state index is 12.1. The topological polar surface area (TPSA) is 92.2 Å². The van der Waals surface area contributed by atoms with Gasteiger partial charge in [-0.05, 0) is 31.0 Å². The standard InChI is InChI=1S/C17H22N6O2/c1-12-5-6-13(10-14(12)23-9-3-4-16(23)24)21-17(25)18-8-7-15-19-11-20-22(15)2/h5-6,10-11H,3-4,7-9H2,1-2H3,(H2,18,21,25). The lowest BCUT2D eigenvalue weighted by atomic mass is 10.1. The van der Waals surface area contributed by atoms with Crippen molar-refractivity contribution in [2.75, 3.05) is 23.3 Å². The van der Waals surface area contributed by atoms with Gasteiger partial charge in [-0.25, -0.2) is 9.78 Å². The summed E-state index contributed by atoms with van der Waals surface area (Å²) in [5, 5.41) is 9.60. The number of anilines is 2. The number of nitrogens with zero attached hydrogens (tertiary/aromatic N) is 4. The maximum absolute atomic E-state index is 12.1. The molecule has 3 rings (SSSR count). The zero-order valence-electron chi connectivity index (χ0n) is 14.5. The number of carbonyl (C=O) groups excluding carboxylic acids is 2. The normalized spacial score (nSPS) is 14.0. The molecule has 8 nitrogen and oxygen atoms in total. The summed E-state index contributed by atoms with van der Waals surface area (Å²) in [5.74, 6) is 0.943. The molecule has 2 aromatic rings. The summed E-state index contributed by atoms with van der Waals surface area (Å²) in [6.07, 6.45) is 3.55. The Morgan fingerprint density at radius 2 is 2.20 bits per heavy atom. The van der Waals surface area contributed by atoms with Crippen molar-refractivity contribution in [2.45, 2.75) is 26.2 Å². The van der Waals surface area contributed by atoms with Gasteiger partial charge in [0.25, 0.3) is 0 Å². The van der Waals surface area contributed by atoms with Crippen LogP contribution in [0.4, 0.5) is 16.2 Å². The summed E-state index contributed by atoms with van der Waals surface area (Å²) in [7, 11) is 1.82. The molecular weight excluding hydrogens is 320 g/mol. The Hall–Kier alpha value is -2.90. The van der Waals surface area contributed by atoms with E-state index < -0.39 is 0 Å². The SMILES string of the molecule is Cc1ccc(NC(=O)NCCc2ncnn2C)cc1N1CCCC1=O. The van der Waals surface area contributed by atoms with Crippen molar-refractivity contribution >= 4 is 23.3 Å². The van der Waals surface area contributed by atoms with Gasteiger partial charge in [0.1, 0.15) is 12.2 Å². The van der Waals surface area contributed by atoms with Crippen molar-refractivity contribution in [3.05, 3.63) is 35.9 Å². The van der Waals surface area contributed by atoms with Crippen molar-refractivity contribution in [2.24, 2.45) is 7.05 Å². The molecule has 2 heterocycles. The first kappa shape index (κ1) is 16.9. The summed E-state index contributed by atoms with van der Waals surface area (Å²) in [6, 6.07) is 5.31. The first-order chi connectivity index (χ1) is 12.0. The predicted octanol–water partition coefficient (Wildman–Crippen LogP) is 1.61. The van der Waals surface area contributed by atoms with Crippen LogP contribution in [0.1, 0.15) is 24.2 Å². The maximum Gasteiger partial charge on any atom is 0.319 e. The largest absolute Gasteiger partial charge is 0.337 e. The molecule has 1 aromatic heterocycles. The van der Waals surface area contributed by atoms with Crippen LogP contribution in [0.25, 0.3) is 0 Å². The van der Waals surface area contributed by atoms with Crippen LogP contribution in [0.2, 0.25) is 0 Å². The van der Waals surface area contributed by atoms with Crippen molar-refractivity contribution in [3.8, 4) is 0 Å². The third-order valence-electron chi connectivity index (χ3n) is 4.27. The highest BCUT2D eigenvalue weighted by molar-refractivity contribution is 5.97. The smallest absolute Gasteiger partial charge is 0.319 e. The van der Waals surface area contributed by atoms with E-state index in [1.54, 1.807) is 9.58 Å². The van der Waals surface area contributed by atoms with Crippen LogP contribution in [0.15, 0.2) is 24.5 Å². The number of benzene rings is 1. The van der Waals surface area contributed by atoms with Gasteiger partial charge >= 0.3 is 6.03 Å². The first-order valence-electron chi connectivity index (χ1n) is 8.33. The van der Waals surface area contributed by atoms with Gasteiger partial charge in [-0.2, -0.15) is 5.10 Å². The second-order valence-corrected chi connectivity index (χ2v) is 6.08. The summed E-state index contributed by atoms with van der Waals surface area (Å²) in [6.45, 7) is 3.15. The zero-order valence-corrected chi connectivity index (χ0v) is 14.5. The van der Waals surface area contributed by atoms with Gasteiger partial charge in [0.15, 0.2) is 0 Å². The molecule has 0 unspecified atom stereocenters. The van der Waals surface area contributed by atoms with Crippen LogP contribution < -0.4 is 15.5 Å². The van der Waals surface area contributed by atoms with Crippen LogP contribution in [-0.4, -0.2) is 39.8 Å². The monoisotopic (exact) mass is 342 g/mol. The highest BCUT2D eigenvalue weighted by atomic mass is 16.2. The third kappa shape index (κ3) is 3.96. The number of carbonyl (C=O) groups is 2. The molecule has 0 spiro atoms. The highest BCUT2D eigenvalue weighted by Crippen LogP contribution is 2.28. The molecule has 0 atom stereocenters. The van der Waals surface area contributed by atoms with Crippen molar-refractivity contribution in [1.29, 1.82) is 0 Å².